The third-order valence-electron chi connectivity index (χ3n) is 4.98. The summed E-state index contributed by atoms with van der Waals surface area (Å²) >= 11 is 4.75. The zero-order valence-electron chi connectivity index (χ0n) is 15.6. The number of hydrogen-bond donors (Lipinski definition) is 1. The Morgan fingerprint density at radius 2 is 2.00 bits per heavy atom. The number of amides is 2. The number of fused-ring (bicyclic) bond motifs is 1. The summed E-state index contributed by atoms with van der Waals surface area (Å²) in [6, 6.07) is 13.1. The molecule has 0 spiro atoms. The van der Waals surface area contributed by atoms with Gasteiger partial charge in [-0.25, -0.2) is 4.98 Å². The second-order valence-electron chi connectivity index (χ2n) is 7.22. The van der Waals surface area contributed by atoms with Gasteiger partial charge in [-0.15, -0.1) is 11.3 Å². The highest BCUT2D eigenvalue weighted by molar-refractivity contribution is 9.10. The van der Waals surface area contributed by atoms with E-state index in [1.807, 2.05) is 49.6 Å². The van der Waals surface area contributed by atoms with Crippen molar-refractivity contribution >= 4 is 49.9 Å². The van der Waals surface area contributed by atoms with Gasteiger partial charge in [0.05, 0.1) is 11.1 Å². The summed E-state index contributed by atoms with van der Waals surface area (Å²) in [5.41, 5.74) is 3.62. The molecule has 0 bridgehead atoms. The number of halogens is 1. The van der Waals surface area contributed by atoms with Crippen molar-refractivity contribution in [1.29, 1.82) is 0 Å². The van der Waals surface area contributed by atoms with E-state index >= 15 is 0 Å². The van der Waals surface area contributed by atoms with E-state index in [9.17, 15) is 9.59 Å². The Hall–Kier alpha value is -2.51. The lowest BCUT2D eigenvalue weighted by Crippen LogP contribution is -2.33. The van der Waals surface area contributed by atoms with Crippen molar-refractivity contribution in [1.82, 2.24) is 4.98 Å². The number of nitrogens with one attached hydrogen (secondary N) is 1. The molecular formula is C21H18BrN3O2S. The van der Waals surface area contributed by atoms with Crippen molar-refractivity contribution < 1.29 is 9.59 Å². The van der Waals surface area contributed by atoms with Gasteiger partial charge in [0.1, 0.15) is 0 Å². The van der Waals surface area contributed by atoms with Crippen LogP contribution in [0.25, 0.3) is 11.3 Å². The van der Waals surface area contributed by atoms with Crippen LogP contribution in [0.3, 0.4) is 0 Å². The number of anilines is 2. The number of rotatable bonds is 3. The zero-order chi connectivity index (χ0) is 20.1. The van der Waals surface area contributed by atoms with Crippen LogP contribution in [0.2, 0.25) is 0 Å². The Morgan fingerprint density at radius 3 is 2.75 bits per heavy atom. The fourth-order valence-electron chi connectivity index (χ4n) is 3.40. The lowest BCUT2D eigenvalue weighted by atomic mass is 9.85. The van der Waals surface area contributed by atoms with Crippen molar-refractivity contribution in [2.75, 3.05) is 17.3 Å². The Bertz CT molecular complexity index is 1110. The van der Waals surface area contributed by atoms with Crippen LogP contribution in [0.5, 0.6) is 0 Å². The highest BCUT2D eigenvalue weighted by atomic mass is 79.9. The SMILES string of the molecule is CN1C(=O)C(C)(C)c2cc(-c3csc(NC(=O)c4cccc(Br)c4)n3)ccc21. The second-order valence-corrected chi connectivity index (χ2v) is 9.00. The van der Waals surface area contributed by atoms with Crippen LogP contribution in [0.4, 0.5) is 10.8 Å². The van der Waals surface area contributed by atoms with Gasteiger partial charge in [-0.1, -0.05) is 28.1 Å². The number of thiazole rings is 1. The molecule has 0 atom stereocenters. The van der Waals surface area contributed by atoms with Crippen LogP contribution in [0.1, 0.15) is 29.8 Å². The number of carbonyl (C=O) groups excluding carboxylic acids is 2. The van der Waals surface area contributed by atoms with Crippen LogP contribution in [0, 0.1) is 0 Å². The molecule has 5 nitrogen and oxygen atoms in total. The number of likely N-dealkylation sites (N-methyl/N-ethyl adjacent to an activating group) is 1. The molecule has 3 aromatic rings. The standard InChI is InChI=1S/C21H18BrN3O2S/c1-21(2)15-10-12(7-8-17(15)25(3)19(21)27)16-11-28-20(23-16)24-18(26)13-5-4-6-14(22)9-13/h4-11H,1-3H3,(H,23,24,26). The summed E-state index contributed by atoms with van der Waals surface area (Å²) in [6.07, 6.45) is 0. The molecule has 1 N–H and O–H groups in total. The first kappa shape index (κ1) is 18.8. The van der Waals surface area contributed by atoms with Crippen LogP contribution < -0.4 is 10.2 Å². The predicted octanol–water partition coefficient (Wildman–Crippen LogP) is 5.08. The number of carbonyl (C=O) groups is 2. The van der Waals surface area contributed by atoms with Gasteiger partial charge in [-0.2, -0.15) is 0 Å². The van der Waals surface area contributed by atoms with E-state index in [1.54, 1.807) is 24.1 Å². The average Bonchev–Trinajstić information content (AvgIpc) is 3.20. The van der Waals surface area contributed by atoms with Crippen molar-refractivity contribution in [3.05, 3.63) is 63.4 Å². The Balaban J connectivity index is 1.60. The van der Waals surface area contributed by atoms with Crippen molar-refractivity contribution in [2.45, 2.75) is 19.3 Å². The van der Waals surface area contributed by atoms with Crippen LogP contribution in [-0.2, 0) is 10.2 Å². The number of aromatic nitrogens is 1. The van der Waals surface area contributed by atoms with Crippen molar-refractivity contribution in [3.63, 3.8) is 0 Å². The fraction of sp³-hybridized carbons (Fsp3) is 0.190. The van der Waals surface area contributed by atoms with Crippen LogP contribution in [0.15, 0.2) is 52.3 Å². The molecule has 1 aromatic heterocycles. The van der Waals surface area contributed by atoms with Crippen molar-refractivity contribution in [3.8, 4) is 11.3 Å². The molecular weight excluding hydrogens is 438 g/mol. The molecule has 0 saturated carbocycles. The molecule has 0 fully saturated rings. The summed E-state index contributed by atoms with van der Waals surface area (Å²) in [5.74, 6) is -0.121. The third-order valence-corrected chi connectivity index (χ3v) is 6.23. The number of nitrogens with zero attached hydrogens (tertiary/aromatic N) is 2. The molecule has 2 amide bonds. The lowest BCUT2D eigenvalue weighted by Gasteiger charge is -2.16. The van der Waals surface area contributed by atoms with E-state index in [0.717, 1.165) is 27.0 Å². The van der Waals surface area contributed by atoms with Gasteiger partial charge in [0.15, 0.2) is 5.13 Å². The smallest absolute Gasteiger partial charge is 0.257 e. The monoisotopic (exact) mass is 455 g/mol. The van der Waals surface area contributed by atoms with E-state index in [2.05, 4.69) is 26.2 Å². The molecule has 28 heavy (non-hydrogen) atoms. The first-order valence-corrected chi connectivity index (χ1v) is 10.4. The molecule has 1 aliphatic heterocycles. The molecule has 0 radical (unpaired) electrons. The lowest BCUT2D eigenvalue weighted by molar-refractivity contribution is -0.121. The Labute approximate surface area is 175 Å². The summed E-state index contributed by atoms with van der Waals surface area (Å²) in [4.78, 5) is 31.1. The van der Waals surface area contributed by atoms with E-state index < -0.39 is 5.41 Å². The number of benzene rings is 2. The first-order chi connectivity index (χ1) is 13.3. The van der Waals surface area contributed by atoms with Gasteiger partial charge in [0.2, 0.25) is 5.91 Å². The normalized spacial score (nSPS) is 14.9. The van der Waals surface area contributed by atoms with Gasteiger partial charge in [-0.3, -0.25) is 14.9 Å². The molecule has 2 aromatic carbocycles. The summed E-state index contributed by atoms with van der Waals surface area (Å²) in [5, 5.41) is 5.29. The van der Waals surface area contributed by atoms with Gasteiger partial charge in [0.25, 0.3) is 5.91 Å². The van der Waals surface area contributed by atoms with Crippen molar-refractivity contribution in [2.24, 2.45) is 0 Å². The zero-order valence-corrected chi connectivity index (χ0v) is 18.0. The molecule has 0 saturated heterocycles. The quantitative estimate of drug-likeness (QED) is 0.598. The third kappa shape index (κ3) is 3.14. The molecule has 0 aliphatic carbocycles. The minimum absolute atomic E-state index is 0.0832. The predicted molar refractivity (Wildman–Crippen MR) is 116 cm³/mol. The number of hydrogen-bond acceptors (Lipinski definition) is 4. The van der Waals surface area contributed by atoms with Gasteiger partial charge in [-0.05, 0) is 49.7 Å². The van der Waals surface area contributed by atoms with Gasteiger partial charge in [0, 0.05) is 33.7 Å². The first-order valence-electron chi connectivity index (χ1n) is 8.73. The average molecular weight is 456 g/mol. The Morgan fingerprint density at radius 1 is 1.21 bits per heavy atom. The maximum absolute atomic E-state index is 12.5. The molecule has 4 rings (SSSR count). The fourth-order valence-corrected chi connectivity index (χ4v) is 4.51. The largest absolute Gasteiger partial charge is 0.314 e. The minimum Gasteiger partial charge on any atom is -0.314 e. The van der Waals surface area contributed by atoms with E-state index in [4.69, 9.17) is 0 Å². The minimum atomic E-state index is -0.562. The van der Waals surface area contributed by atoms with Crippen LogP contribution >= 0.6 is 27.3 Å². The van der Waals surface area contributed by atoms with Gasteiger partial charge < -0.3 is 4.90 Å². The maximum Gasteiger partial charge on any atom is 0.257 e. The topological polar surface area (TPSA) is 62.3 Å². The molecule has 1 aliphatic rings. The molecule has 142 valence electrons. The summed E-state index contributed by atoms with van der Waals surface area (Å²) in [7, 11) is 1.80. The molecule has 0 unspecified atom stereocenters. The Kier molecular flexibility index (Phi) is 4.59. The highest BCUT2D eigenvalue weighted by Crippen LogP contribution is 2.42. The van der Waals surface area contributed by atoms with E-state index in [0.29, 0.717) is 10.7 Å². The second kappa shape index (κ2) is 6.83. The van der Waals surface area contributed by atoms with Crippen LogP contribution in [-0.4, -0.2) is 23.8 Å². The highest BCUT2D eigenvalue weighted by Gasteiger charge is 2.42. The van der Waals surface area contributed by atoms with Gasteiger partial charge >= 0.3 is 0 Å². The van der Waals surface area contributed by atoms with E-state index in [1.165, 1.54) is 11.3 Å². The van der Waals surface area contributed by atoms with E-state index in [-0.39, 0.29) is 11.8 Å². The maximum atomic E-state index is 12.5. The molecule has 7 heteroatoms. The molecule has 2 heterocycles. The summed E-state index contributed by atoms with van der Waals surface area (Å²) in [6.45, 7) is 3.87. The summed E-state index contributed by atoms with van der Waals surface area (Å²) < 4.78 is 0.847.